The lowest BCUT2D eigenvalue weighted by Gasteiger charge is -2.16. The Morgan fingerprint density at radius 3 is 2.41 bits per heavy atom. The highest BCUT2D eigenvalue weighted by atomic mass is 19.4. The van der Waals surface area contributed by atoms with E-state index in [9.17, 15) is 18.0 Å². The molecule has 0 saturated carbocycles. The molecule has 10 heteroatoms. The summed E-state index contributed by atoms with van der Waals surface area (Å²) in [4.78, 5) is 14.8. The first-order chi connectivity index (χ1) is 12.6. The smallest absolute Gasteiger partial charge is 0.433 e. The molecule has 0 radical (unpaired) electrons. The lowest BCUT2D eigenvalue weighted by molar-refractivity contribution is -0.141. The van der Waals surface area contributed by atoms with Crippen LogP contribution in [0.2, 0.25) is 0 Å². The van der Waals surface area contributed by atoms with Crippen molar-refractivity contribution in [3.63, 3.8) is 0 Å². The highest BCUT2D eigenvalue weighted by Crippen LogP contribution is 2.35. The molecule has 0 unspecified atom stereocenters. The number of methoxy groups -OCH3 is 1. The van der Waals surface area contributed by atoms with Gasteiger partial charge in [0.05, 0.1) is 13.7 Å². The Bertz CT molecular complexity index is 939. The third-order valence-corrected chi connectivity index (χ3v) is 3.63. The maximum Gasteiger partial charge on any atom is 0.433 e. The van der Waals surface area contributed by atoms with E-state index in [1.54, 1.807) is 0 Å². The van der Waals surface area contributed by atoms with Gasteiger partial charge in [0, 0.05) is 10.9 Å². The largest absolute Gasteiger partial charge is 0.494 e. The van der Waals surface area contributed by atoms with Gasteiger partial charge in [-0.05, 0) is 24.3 Å². The van der Waals surface area contributed by atoms with Crippen molar-refractivity contribution in [1.82, 2.24) is 4.98 Å². The normalized spacial score (nSPS) is 12.5. The molecule has 0 spiro atoms. The molecule has 6 N–H and O–H groups in total. The van der Waals surface area contributed by atoms with Gasteiger partial charge in [-0.1, -0.05) is 6.58 Å². The molecule has 1 aromatic carbocycles. The monoisotopic (exact) mass is 382 g/mol. The number of nitrogens with zero attached hydrogens (tertiary/aromatic N) is 1. The van der Waals surface area contributed by atoms with E-state index in [4.69, 9.17) is 26.7 Å². The molecule has 0 atom stereocenters. The molecule has 0 aliphatic heterocycles. The second kappa shape index (κ2) is 7.54. The first kappa shape index (κ1) is 20.0. The number of amides is 1. The molecule has 2 aromatic rings. The third-order valence-electron chi connectivity index (χ3n) is 3.63. The van der Waals surface area contributed by atoms with Gasteiger partial charge in [-0.2, -0.15) is 13.2 Å². The Morgan fingerprint density at radius 1 is 1.22 bits per heavy atom. The Balaban J connectivity index is 2.58. The molecule has 0 aliphatic rings. The summed E-state index contributed by atoms with van der Waals surface area (Å²) in [5, 5.41) is 0.293. The number of fused-ring (bicyclic) bond motifs is 1. The van der Waals surface area contributed by atoms with E-state index in [-0.39, 0.29) is 35.0 Å². The van der Waals surface area contributed by atoms with Gasteiger partial charge in [0.2, 0.25) is 0 Å². The number of aromatic nitrogens is 1. The molecular formula is C17H17F3N4O3. The number of benzene rings is 1. The summed E-state index contributed by atoms with van der Waals surface area (Å²) in [7, 11) is 1.31. The summed E-state index contributed by atoms with van der Waals surface area (Å²) in [5.41, 5.74) is 14.9. The molecule has 2 rings (SSSR count). The average molecular weight is 382 g/mol. The zero-order chi connectivity index (χ0) is 20.4. The van der Waals surface area contributed by atoms with Gasteiger partial charge >= 0.3 is 6.18 Å². The number of primary amides is 1. The molecule has 144 valence electrons. The van der Waals surface area contributed by atoms with Gasteiger partial charge in [0.15, 0.2) is 0 Å². The maximum atomic E-state index is 13.0. The summed E-state index contributed by atoms with van der Waals surface area (Å²) in [6.07, 6.45) is -4.62. The van der Waals surface area contributed by atoms with Crippen LogP contribution in [0.4, 0.5) is 13.2 Å². The molecule has 0 saturated heterocycles. The van der Waals surface area contributed by atoms with Crippen LogP contribution >= 0.6 is 0 Å². The summed E-state index contributed by atoms with van der Waals surface area (Å²) >= 11 is 0. The van der Waals surface area contributed by atoms with E-state index >= 15 is 0 Å². The van der Waals surface area contributed by atoms with Crippen molar-refractivity contribution in [2.75, 3.05) is 13.7 Å². The lowest BCUT2D eigenvalue weighted by atomic mass is 10.1. The van der Waals surface area contributed by atoms with E-state index in [2.05, 4.69) is 11.6 Å². The number of nitrogens with two attached hydrogens (primary N) is 3. The fourth-order valence-electron chi connectivity index (χ4n) is 2.31. The third kappa shape index (κ3) is 4.11. The number of hydrogen-bond acceptors (Lipinski definition) is 6. The van der Waals surface area contributed by atoms with E-state index < -0.39 is 17.8 Å². The molecule has 1 amide bonds. The number of ether oxygens (including phenoxy) is 2. The van der Waals surface area contributed by atoms with E-state index in [1.807, 2.05) is 0 Å². The molecule has 1 heterocycles. The van der Waals surface area contributed by atoms with E-state index in [1.165, 1.54) is 25.3 Å². The topological polar surface area (TPSA) is 126 Å². The second-order valence-electron chi connectivity index (χ2n) is 5.34. The Kier molecular flexibility index (Phi) is 5.60. The molecule has 0 aliphatic carbocycles. The number of hydrogen-bond donors (Lipinski definition) is 3. The molecular weight excluding hydrogens is 365 g/mol. The van der Waals surface area contributed by atoms with Crippen LogP contribution in [0.25, 0.3) is 16.7 Å². The number of halogens is 3. The Labute approximate surface area is 152 Å². The summed E-state index contributed by atoms with van der Waals surface area (Å²) in [6.45, 7) is 3.48. The van der Waals surface area contributed by atoms with E-state index in [0.29, 0.717) is 10.9 Å². The minimum atomic E-state index is -4.62. The van der Waals surface area contributed by atoms with Crippen molar-refractivity contribution < 1.29 is 27.4 Å². The van der Waals surface area contributed by atoms with Gasteiger partial charge in [0.25, 0.3) is 5.91 Å². The van der Waals surface area contributed by atoms with Crippen LogP contribution < -0.4 is 21.9 Å². The predicted octanol–water partition coefficient (Wildman–Crippen LogP) is 1.86. The molecule has 0 bridgehead atoms. The maximum absolute atomic E-state index is 13.0. The fourth-order valence-corrected chi connectivity index (χ4v) is 2.31. The van der Waals surface area contributed by atoms with Crippen LogP contribution in [0.1, 0.15) is 11.3 Å². The highest BCUT2D eigenvalue weighted by molar-refractivity contribution is 5.94. The van der Waals surface area contributed by atoms with Gasteiger partial charge in [-0.3, -0.25) is 4.79 Å². The molecule has 7 nitrogen and oxygen atoms in total. The summed E-state index contributed by atoms with van der Waals surface area (Å²) < 4.78 is 49.4. The van der Waals surface area contributed by atoms with Gasteiger partial charge < -0.3 is 26.7 Å². The SMILES string of the molecule is C=C(O/C(CN)=C(\N)C(N)=O)c1ccc(OC)c2nc(C(F)(F)F)ccc12. The van der Waals surface area contributed by atoms with Crippen LogP contribution in [-0.2, 0) is 15.7 Å². The Morgan fingerprint density at radius 2 is 1.89 bits per heavy atom. The quantitative estimate of drug-likeness (QED) is 0.517. The van der Waals surface area contributed by atoms with Crippen molar-refractivity contribution in [2.45, 2.75) is 6.18 Å². The fraction of sp³-hybridized carbons (Fsp3) is 0.176. The number of carbonyl (C=O) groups is 1. The standard InChI is InChI=1S/C17H17F3N4O3/c1-8(27-12(7-21)14(22)16(23)25)9-3-5-11(26-2)15-10(9)4-6-13(24-15)17(18,19)20/h3-6H,1,7,21-22H2,2H3,(H2,23,25)/b14-12-. The zero-order valence-corrected chi connectivity index (χ0v) is 14.3. The van der Waals surface area contributed by atoms with Crippen molar-refractivity contribution in [3.05, 3.63) is 53.6 Å². The van der Waals surface area contributed by atoms with Crippen LogP contribution in [0.5, 0.6) is 5.75 Å². The van der Waals surface area contributed by atoms with E-state index in [0.717, 1.165) is 6.07 Å². The lowest BCUT2D eigenvalue weighted by Crippen LogP contribution is -2.25. The average Bonchev–Trinajstić information content (AvgIpc) is 2.62. The van der Waals surface area contributed by atoms with Gasteiger partial charge in [-0.15, -0.1) is 0 Å². The Hall–Kier alpha value is -3.27. The minimum absolute atomic E-state index is 0.00568. The molecule has 27 heavy (non-hydrogen) atoms. The van der Waals surface area contributed by atoms with Crippen molar-refractivity contribution in [1.29, 1.82) is 0 Å². The minimum Gasteiger partial charge on any atom is -0.494 e. The van der Waals surface area contributed by atoms with Crippen molar-refractivity contribution in [2.24, 2.45) is 17.2 Å². The van der Waals surface area contributed by atoms with Gasteiger partial charge in [-0.25, -0.2) is 4.98 Å². The predicted molar refractivity (Wildman–Crippen MR) is 92.9 cm³/mol. The number of pyridine rings is 1. The van der Waals surface area contributed by atoms with Crippen LogP contribution in [-0.4, -0.2) is 24.5 Å². The number of rotatable bonds is 6. The van der Waals surface area contributed by atoms with Crippen LogP contribution in [0.15, 0.2) is 42.3 Å². The van der Waals surface area contributed by atoms with Gasteiger partial charge in [0.1, 0.15) is 34.2 Å². The number of carbonyl (C=O) groups excluding carboxylic acids is 1. The summed E-state index contributed by atoms with van der Waals surface area (Å²) in [6, 6.07) is 4.99. The molecule has 1 aromatic heterocycles. The first-order valence-corrected chi connectivity index (χ1v) is 7.50. The van der Waals surface area contributed by atoms with Crippen molar-refractivity contribution >= 4 is 22.6 Å². The van der Waals surface area contributed by atoms with Crippen LogP contribution in [0, 0.1) is 0 Å². The second-order valence-corrected chi connectivity index (χ2v) is 5.34. The van der Waals surface area contributed by atoms with Crippen molar-refractivity contribution in [3.8, 4) is 5.75 Å². The first-order valence-electron chi connectivity index (χ1n) is 7.50. The highest BCUT2D eigenvalue weighted by Gasteiger charge is 2.33. The molecule has 0 fully saturated rings. The van der Waals surface area contributed by atoms with Crippen LogP contribution in [0.3, 0.4) is 0 Å². The summed E-state index contributed by atoms with van der Waals surface area (Å²) in [5.74, 6) is -0.914. The zero-order valence-electron chi connectivity index (χ0n) is 14.3. The number of alkyl halides is 3.